The lowest BCUT2D eigenvalue weighted by atomic mass is 10.1. The summed E-state index contributed by atoms with van der Waals surface area (Å²) in [7, 11) is 1.43. The lowest BCUT2D eigenvalue weighted by Gasteiger charge is -2.16. The molecule has 0 N–H and O–H groups in total. The van der Waals surface area contributed by atoms with Crippen molar-refractivity contribution in [1.82, 2.24) is 4.57 Å². The molecule has 1 heterocycles. The first-order valence-corrected chi connectivity index (χ1v) is 15.7. The van der Waals surface area contributed by atoms with Crippen molar-refractivity contribution >= 4 is 33.6 Å². The van der Waals surface area contributed by atoms with Crippen LogP contribution in [0.3, 0.4) is 0 Å². The van der Waals surface area contributed by atoms with Gasteiger partial charge in [-0.25, -0.2) is 17.4 Å². The van der Waals surface area contributed by atoms with E-state index in [1.54, 1.807) is 6.07 Å². The number of hydrogen-bond donors (Lipinski definition) is 0. The molecule has 1 fully saturated rings. The SMILES string of the molecule is CC.CC.COc1cc(C#CC2CCCC2)c(Cl)cc1-n1c(=O)ccc2cc(S(=O)Oc3c(F)c(F)c(F)c(F)c3F)ccc21. The Morgan fingerprint density at radius 2 is 1.47 bits per heavy atom. The van der Waals surface area contributed by atoms with Crippen molar-refractivity contribution in [2.75, 3.05) is 7.11 Å². The maximum atomic E-state index is 14.0. The Morgan fingerprint density at radius 1 is 0.867 bits per heavy atom. The van der Waals surface area contributed by atoms with Gasteiger partial charge in [0.05, 0.1) is 28.2 Å². The molecule has 0 radical (unpaired) electrons. The fraction of sp³-hybridized carbons (Fsp3) is 0.303. The molecule has 0 aliphatic heterocycles. The average molecular weight is 668 g/mol. The molecule has 0 spiro atoms. The molecule has 5 nitrogen and oxygen atoms in total. The minimum Gasteiger partial charge on any atom is -0.495 e. The molecule has 1 atom stereocenters. The number of pyridine rings is 1. The van der Waals surface area contributed by atoms with Gasteiger partial charge in [0, 0.05) is 22.9 Å². The van der Waals surface area contributed by atoms with Crippen molar-refractivity contribution in [1.29, 1.82) is 0 Å². The molecule has 0 amide bonds. The Balaban J connectivity index is 0.00000133. The van der Waals surface area contributed by atoms with Crippen LogP contribution in [0.15, 0.2) is 52.2 Å². The average Bonchev–Trinajstić information content (AvgIpc) is 3.59. The normalized spacial score (nSPS) is 13.1. The molecule has 5 rings (SSSR count). The smallest absolute Gasteiger partial charge is 0.255 e. The van der Waals surface area contributed by atoms with Gasteiger partial charge in [0.15, 0.2) is 0 Å². The molecule has 1 unspecified atom stereocenters. The van der Waals surface area contributed by atoms with Crippen molar-refractivity contribution < 1.29 is 35.1 Å². The van der Waals surface area contributed by atoms with Crippen LogP contribution in [0.4, 0.5) is 22.0 Å². The number of aromatic nitrogens is 1. The van der Waals surface area contributed by atoms with Crippen molar-refractivity contribution in [2.24, 2.45) is 5.92 Å². The summed E-state index contributed by atoms with van der Waals surface area (Å²) in [5, 5.41) is 0.629. The van der Waals surface area contributed by atoms with Crippen LogP contribution in [-0.2, 0) is 11.1 Å². The van der Waals surface area contributed by atoms with E-state index in [1.807, 2.05) is 27.7 Å². The number of nitrogens with zero attached hydrogens (tertiary/aromatic N) is 1. The topological polar surface area (TPSA) is 57.5 Å². The van der Waals surface area contributed by atoms with Gasteiger partial charge in [0.2, 0.25) is 45.9 Å². The monoisotopic (exact) mass is 667 g/mol. The van der Waals surface area contributed by atoms with Crippen molar-refractivity contribution in [3.63, 3.8) is 0 Å². The Labute approximate surface area is 265 Å². The third-order valence-electron chi connectivity index (χ3n) is 6.66. The number of rotatable bonds is 5. The number of hydrogen-bond acceptors (Lipinski definition) is 4. The number of benzene rings is 3. The largest absolute Gasteiger partial charge is 0.495 e. The van der Waals surface area contributed by atoms with E-state index in [-0.39, 0.29) is 4.90 Å². The molecule has 3 aromatic carbocycles. The summed E-state index contributed by atoms with van der Waals surface area (Å²) in [6.45, 7) is 8.00. The number of ether oxygens (including phenoxy) is 1. The molecule has 0 bridgehead atoms. The van der Waals surface area contributed by atoms with Gasteiger partial charge in [-0.3, -0.25) is 9.36 Å². The van der Waals surface area contributed by atoms with Crippen LogP contribution < -0.4 is 14.5 Å². The Bertz CT molecular complexity index is 1820. The highest BCUT2D eigenvalue weighted by molar-refractivity contribution is 7.80. The maximum absolute atomic E-state index is 14.0. The zero-order chi connectivity index (χ0) is 33.4. The van der Waals surface area contributed by atoms with Crippen molar-refractivity contribution in [3.8, 4) is 29.0 Å². The van der Waals surface area contributed by atoms with Crippen LogP contribution in [0.1, 0.15) is 58.9 Å². The van der Waals surface area contributed by atoms with E-state index < -0.39 is 51.5 Å². The van der Waals surface area contributed by atoms with Gasteiger partial charge in [0.1, 0.15) is 5.75 Å². The number of halogens is 6. The number of methoxy groups -OCH3 is 1. The van der Waals surface area contributed by atoms with E-state index in [2.05, 4.69) is 16.0 Å². The molecule has 12 heteroatoms. The van der Waals surface area contributed by atoms with E-state index in [4.69, 9.17) is 16.3 Å². The lowest BCUT2D eigenvalue weighted by Crippen LogP contribution is -2.18. The van der Waals surface area contributed by atoms with Crippen LogP contribution in [0, 0.1) is 46.8 Å². The van der Waals surface area contributed by atoms with E-state index in [0.717, 1.165) is 25.7 Å². The zero-order valence-corrected chi connectivity index (χ0v) is 26.8. The van der Waals surface area contributed by atoms with Gasteiger partial charge in [0.25, 0.3) is 5.56 Å². The van der Waals surface area contributed by atoms with E-state index in [9.17, 15) is 31.0 Å². The highest BCUT2D eigenvalue weighted by Crippen LogP contribution is 2.33. The molecular formula is C33H31ClF5NO4S. The second-order valence-corrected chi connectivity index (χ2v) is 10.7. The molecule has 4 aromatic rings. The summed E-state index contributed by atoms with van der Waals surface area (Å²) in [5.41, 5.74) is 0.693. The first-order chi connectivity index (χ1) is 21.6. The minimum absolute atomic E-state index is 0.172. The molecule has 0 saturated heterocycles. The highest BCUT2D eigenvalue weighted by atomic mass is 35.5. The summed E-state index contributed by atoms with van der Waals surface area (Å²) in [6.07, 6.45) is 4.34. The van der Waals surface area contributed by atoms with Crippen molar-refractivity contribution in [3.05, 3.63) is 92.5 Å². The fourth-order valence-electron chi connectivity index (χ4n) is 4.58. The number of fused-ring (bicyclic) bond motifs is 1. The van der Waals surface area contributed by atoms with Gasteiger partial charge in [-0.1, -0.05) is 64.0 Å². The van der Waals surface area contributed by atoms with Crippen LogP contribution in [-0.4, -0.2) is 15.9 Å². The van der Waals surface area contributed by atoms with Crippen LogP contribution in [0.2, 0.25) is 5.02 Å². The van der Waals surface area contributed by atoms with Gasteiger partial charge in [-0.2, -0.15) is 8.78 Å². The molecular weight excluding hydrogens is 637 g/mol. The predicted molar refractivity (Wildman–Crippen MR) is 166 cm³/mol. The van der Waals surface area contributed by atoms with Gasteiger partial charge >= 0.3 is 0 Å². The fourth-order valence-corrected chi connectivity index (χ4v) is 5.59. The third-order valence-corrected chi connectivity index (χ3v) is 7.93. The molecule has 1 aromatic heterocycles. The Hall–Kier alpha value is -3.88. The van der Waals surface area contributed by atoms with Gasteiger partial charge < -0.3 is 8.92 Å². The van der Waals surface area contributed by atoms with Crippen LogP contribution in [0.25, 0.3) is 16.6 Å². The predicted octanol–water partition coefficient (Wildman–Crippen LogP) is 9.04. The maximum Gasteiger partial charge on any atom is 0.255 e. The second kappa shape index (κ2) is 15.9. The van der Waals surface area contributed by atoms with E-state index >= 15 is 0 Å². The summed E-state index contributed by atoms with van der Waals surface area (Å²) in [4.78, 5) is 12.8. The highest BCUT2D eigenvalue weighted by Gasteiger charge is 2.29. The Morgan fingerprint density at radius 3 is 2.07 bits per heavy atom. The van der Waals surface area contributed by atoms with Gasteiger partial charge in [-0.15, -0.1) is 0 Å². The first-order valence-electron chi connectivity index (χ1n) is 14.3. The quantitative estimate of drug-likeness (QED) is 0.0923. The summed E-state index contributed by atoms with van der Waals surface area (Å²) in [5.74, 6) is -6.10. The zero-order valence-electron chi connectivity index (χ0n) is 25.2. The molecule has 240 valence electrons. The van der Waals surface area contributed by atoms with E-state index in [0.29, 0.717) is 38.8 Å². The lowest BCUT2D eigenvalue weighted by molar-refractivity contribution is 0.352. The Kier molecular flexibility index (Phi) is 12.6. The standard InChI is InChI=1S/C29H19ClF5NO4S.2C2H6/c1-39-22-13-16(7-6-15-4-2-3-5-15)19(30)14-21(22)36-20-10-9-18(12-17(20)8-11-23(36)37)41(38)40-29-27(34)25(32)24(31)26(33)28(29)35;2*1-2/h8-15H,2-5H2,1H3;2*1-2H3. The minimum atomic E-state index is -2.69. The van der Waals surface area contributed by atoms with Crippen LogP contribution >= 0.6 is 11.6 Å². The third kappa shape index (κ3) is 7.51. The first kappa shape index (κ1) is 35.6. The van der Waals surface area contributed by atoms with Gasteiger partial charge in [-0.05, 0) is 49.2 Å². The molecule has 1 aliphatic carbocycles. The molecule has 1 saturated carbocycles. The van der Waals surface area contributed by atoms with Crippen molar-refractivity contribution in [2.45, 2.75) is 58.3 Å². The summed E-state index contributed by atoms with van der Waals surface area (Å²) in [6, 6.07) is 9.68. The van der Waals surface area contributed by atoms with Crippen LogP contribution in [0.5, 0.6) is 11.5 Å². The summed E-state index contributed by atoms with van der Waals surface area (Å²) >= 11 is 3.84. The van der Waals surface area contributed by atoms with E-state index in [1.165, 1.54) is 48.1 Å². The molecule has 45 heavy (non-hydrogen) atoms. The second-order valence-electron chi connectivity index (χ2n) is 9.20. The summed E-state index contributed by atoms with van der Waals surface area (Å²) < 4.78 is 92.7. The molecule has 1 aliphatic rings.